The van der Waals surface area contributed by atoms with Gasteiger partial charge in [-0.05, 0) is 19.1 Å². The maximum Gasteiger partial charge on any atom is 0.116 e. The summed E-state index contributed by atoms with van der Waals surface area (Å²) in [6.45, 7) is 8.65. The fourth-order valence-corrected chi connectivity index (χ4v) is 0.434. The summed E-state index contributed by atoms with van der Waals surface area (Å²) in [6.07, 6.45) is 2.80. The lowest BCUT2D eigenvalue weighted by Crippen LogP contribution is -1.74. The van der Waals surface area contributed by atoms with Gasteiger partial charge in [-0.1, -0.05) is 19.1 Å². The highest BCUT2D eigenvalue weighted by Gasteiger charge is 1.83. The van der Waals surface area contributed by atoms with Crippen molar-refractivity contribution in [3.05, 3.63) is 36.6 Å². The van der Waals surface area contributed by atoms with E-state index in [4.69, 9.17) is 5.11 Å². The van der Waals surface area contributed by atoms with Crippen molar-refractivity contribution in [1.82, 2.24) is 0 Å². The summed E-state index contributed by atoms with van der Waals surface area (Å²) in [5.74, 6) is 5.43. The zero-order valence-electron chi connectivity index (χ0n) is 6.02. The van der Waals surface area contributed by atoms with E-state index < -0.39 is 0 Å². The fourth-order valence-electron chi connectivity index (χ4n) is 0.434. The van der Waals surface area contributed by atoms with E-state index in [1.54, 1.807) is 6.92 Å². The number of aliphatic hydroxyl groups is 1. The summed E-state index contributed by atoms with van der Waals surface area (Å²) in [5, 5.41) is 8.87. The van der Waals surface area contributed by atoms with Crippen molar-refractivity contribution in [2.75, 3.05) is 0 Å². The molecule has 0 aliphatic carbocycles. The number of hydrogen-bond donors (Lipinski definition) is 1. The monoisotopic (exact) mass is 134 g/mol. The van der Waals surface area contributed by atoms with E-state index in [2.05, 4.69) is 25.0 Å². The van der Waals surface area contributed by atoms with Gasteiger partial charge >= 0.3 is 0 Å². The molecule has 0 bridgehead atoms. The van der Waals surface area contributed by atoms with E-state index in [1.165, 1.54) is 12.2 Å². The van der Waals surface area contributed by atoms with Gasteiger partial charge in [0.15, 0.2) is 0 Å². The Hall–Kier alpha value is -1.42. The molecule has 0 spiro atoms. The van der Waals surface area contributed by atoms with E-state index in [0.717, 1.165) is 0 Å². The van der Waals surface area contributed by atoms with Crippen LogP contribution in [0.1, 0.15) is 6.92 Å². The summed E-state index contributed by atoms with van der Waals surface area (Å²) in [5.41, 5.74) is 0.583. The Kier molecular flexibility index (Phi) is 3.83. The lowest BCUT2D eigenvalue weighted by molar-refractivity contribution is 0.432. The third-order valence-electron chi connectivity index (χ3n) is 0.817. The Balaban J connectivity index is 4.22. The first-order valence-corrected chi connectivity index (χ1v) is 2.85. The van der Waals surface area contributed by atoms with Crippen molar-refractivity contribution in [1.29, 1.82) is 0 Å². The van der Waals surface area contributed by atoms with Crippen LogP contribution in [0.4, 0.5) is 0 Å². The Labute approximate surface area is 61.4 Å². The van der Waals surface area contributed by atoms with Gasteiger partial charge in [0.1, 0.15) is 5.76 Å². The molecule has 1 heteroatoms. The summed E-state index contributed by atoms with van der Waals surface area (Å²) in [6, 6.07) is 0. The maximum absolute atomic E-state index is 8.87. The van der Waals surface area contributed by atoms with Crippen molar-refractivity contribution in [2.45, 2.75) is 6.92 Å². The molecule has 1 N–H and O–H groups in total. The minimum absolute atomic E-state index is 0.0905. The van der Waals surface area contributed by atoms with Crippen LogP contribution in [0.3, 0.4) is 0 Å². The Morgan fingerprint density at radius 2 is 2.20 bits per heavy atom. The molecule has 0 heterocycles. The zero-order valence-corrected chi connectivity index (χ0v) is 6.02. The van der Waals surface area contributed by atoms with Gasteiger partial charge in [-0.15, -0.1) is 5.92 Å². The molecular weight excluding hydrogens is 124 g/mol. The van der Waals surface area contributed by atoms with Crippen LogP contribution in [0, 0.1) is 11.8 Å². The molecule has 52 valence electrons. The first-order chi connectivity index (χ1) is 4.70. The number of allylic oxidation sites excluding steroid dienone is 3. The Morgan fingerprint density at radius 3 is 2.60 bits per heavy atom. The van der Waals surface area contributed by atoms with Crippen LogP contribution < -0.4 is 0 Å². The summed E-state index contributed by atoms with van der Waals surface area (Å²) in [4.78, 5) is 0. The van der Waals surface area contributed by atoms with E-state index in [1.807, 2.05) is 0 Å². The highest BCUT2D eigenvalue weighted by Crippen LogP contribution is 1.96. The first-order valence-electron chi connectivity index (χ1n) is 2.85. The molecule has 0 fully saturated rings. The molecule has 0 aliphatic heterocycles. The normalized spacial score (nSPS) is 9.50. The second kappa shape index (κ2) is 4.46. The molecule has 0 aromatic rings. The number of rotatable bonds is 2. The minimum atomic E-state index is 0.0905. The van der Waals surface area contributed by atoms with E-state index in [9.17, 15) is 0 Å². The molecule has 0 saturated carbocycles. The van der Waals surface area contributed by atoms with Crippen molar-refractivity contribution >= 4 is 0 Å². The van der Waals surface area contributed by atoms with Crippen LogP contribution in [0.2, 0.25) is 0 Å². The number of aliphatic hydroxyl groups excluding tert-OH is 1. The van der Waals surface area contributed by atoms with Crippen molar-refractivity contribution in [3.8, 4) is 11.8 Å². The third-order valence-corrected chi connectivity index (χ3v) is 0.817. The summed E-state index contributed by atoms with van der Waals surface area (Å²) < 4.78 is 0. The molecular formula is C9H10O. The van der Waals surface area contributed by atoms with Crippen LogP contribution in [0.25, 0.3) is 0 Å². The van der Waals surface area contributed by atoms with Gasteiger partial charge in [-0.25, -0.2) is 0 Å². The van der Waals surface area contributed by atoms with Crippen LogP contribution in [-0.4, -0.2) is 5.11 Å². The van der Waals surface area contributed by atoms with Crippen LogP contribution in [-0.2, 0) is 0 Å². The predicted octanol–water partition coefficient (Wildman–Crippen LogP) is 2.19. The van der Waals surface area contributed by atoms with Gasteiger partial charge in [0.2, 0.25) is 0 Å². The zero-order chi connectivity index (χ0) is 7.98. The summed E-state index contributed by atoms with van der Waals surface area (Å²) in [7, 11) is 0. The van der Waals surface area contributed by atoms with Gasteiger partial charge < -0.3 is 5.11 Å². The topological polar surface area (TPSA) is 20.2 Å². The Morgan fingerprint density at radius 1 is 1.60 bits per heavy atom. The lowest BCUT2D eigenvalue weighted by atomic mass is 10.2. The Bertz CT molecular complexity index is 223. The largest absolute Gasteiger partial charge is 0.508 e. The highest BCUT2D eigenvalue weighted by atomic mass is 16.3. The maximum atomic E-state index is 8.87. The molecule has 10 heavy (non-hydrogen) atoms. The molecule has 0 aromatic carbocycles. The summed E-state index contributed by atoms with van der Waals surface area (Å²) >= 11 is 0. The van der Waals surface area contributed by atoms with Crippen LogP contribution in [0.5, 0.6) is 0 Å². The van der Waals surface area contributed by atoms with Gasteiger partial charge in [-0.3, -0.25) is 0 Å². The average Bonchev–Trinajstić information content (AvgIpc) is 1.88. The quantitative estimate of drug-likeness (QED) is 0.348. The molecule has 0 aromatic heterocycles. The minimum Gasteiger partial charge on any atom is -0.508 e. The van der Waals surface area contributed by atoms with Crippen molar-refractivity contribution in [3.63, 3.8) is 0 Å². The van der Waals surface area contributed by atoms with Crippen molar-refractivity contribution < 1.29 is 5.11 Å². The molecule has 0 amide bonds. The molecule has 0 radical (unpaired) electrons. The van der Waals surface area contributed by atoms with Crippen LogP contribution in [0.15, 0.2) is 36.6 Å². The fraction of sp³-hybridized carbons (Fsp3) is 0.111. The van der Waals surface area contributed by atoms with Crippen LogP contribution >= 0.6 is 0 Å². The first kappa shape index (κ1) is 8.58. The molecule has 0 aliphatic rings. The molecule has 0 saturated heterocycles. The van der Waals surface area contributed by atoms with E-state index in [-0.39, 0.29) is 5.76 Å². The van der Waals surface area contributed by atoms with E-state index >= 15 is 0 Å². The standard InChI is InChI=1S/C9H10O/c1-4-6-8(3)7-9(10)5-2/h5,7,10H,2-3H2,1H3/b9-7+. The average molecular weight is 134 g/mol. The van der Waals surface area contributed by atoms with Gasteiger partial charge in [0.05, 0.1) is 0 Å². The van der Waals surface area contributed by atoms with E-state index in [0.29, 0.717) is 5.57 Å². The van der Waals surface area contributed by atoms with Gasteiger partial charge in [0.25, 0.3) is 0 Å². The lowest BCUT2D eigenvalue weighted by Gasteiger charge is -1.87. The molecule has 0 rings (SSSR count). The van der Waals surface area contributed by atoms with Crippen molar-refractivity contribution in [2.24, 2.45) is 0 Å². The predicted molar refractivity (Wildman–Crippen MR) is 43.5 cm³/mol. The van der Waals surface area contributed by atoms with Gasteiger partial charge in [0, 0.05) is 5.57 Å². The molecule has 0 atom stereocenters. The molecule has 1 nitrogen and oxygen atoms in total. The molecule has 0 unspecified atom stereocenters. The smallest absolute Gasteiger partial charge is 0.116 e. The second-order valence-corrected chi connectivity index (χ2v) is 1.67. The van der Waals surface area contributed by atoms with Gasteiger partial charge in [-0.2, -0.15) is 0 Å². The number of hydrogen-bond acceptors (Lipinski definition) is 1. The highest BCUT2D eigenvalue weighted by molar-refractivity contribution is 5.37. The third kappa shape index (κ3) is 3.57. The second-order valence-electron chi connectivity index (χ2n) is 1.67. The SMILES string of the molecule is C=C/C(O)=C\C(=C)C#CC.